The third-order valence-corrected chi connectivity index (χ3v) is 11.8. The van der Waals surface area contributed by atoms with Gasteiger partial charge in [0.15, 0.2) is 0 Å². The second kappa shape index (κ2) is 46.4. The van der Waals surface area contributed by atoms with E-state index < -0.39 is 33.2 Å². The third-order valence-electron chi connectivity index (χ3n) is 10.9. The van der Waals surface area contributed by atoms with E-state index in [0.717, 1.165) is 51.4 Å². The zero-order valence-corrected chi connectivity index (χ0v) is 39.4. The first kappa shape index (κ1) is 57.9. The van der Waals surface area contributed by atoms with Crippen LogP contribution in [0.1, 0.15) is 239 Å². The molecule has 9 nitrogen and oxygen atoms in total. The number of phosphoric acid groups is 1. The number of hydrogen-bond donors (Lipinski definition) is 3. The number of aliphatic hydroxyl groups is 2. The molecule has 0 aromatic rings. The van der Waals surface area contributed by atoms with Crippen molar-refractivity contribution in [1.82, 2.24) is 0 Å². The maximum absolute atomic E-state index is 12.7. The average Bonchev–Trinajstić information content (AvgIpc) is 3.23. The molecule has 59 heavy (non-hydrogen) atoms. The minimum Gasteiger partial charge on any atom is -0.457 e. The normalized spacial score (nSPS) is 14.1. The van der Waals surface area contributed by atoms with Gasteiger partial charge >= 0.3 is 13.8 Å². The highest BCUT2D eigenvalue weighted by Gasteiger charge is 2.26. The minimum absolute atomic E-state index is 0.0463. The molecule has 0 saturated carbocycles. The maximum Gasteiger partial charge on any atom is 0.472 e. The lowest BCUT2D eigenvalue weighted by Crippen LogP contribution is -2.29. The monoisotopic (exact) mass is 859 g/mol. The first-order valence-electron chi connectivity index (χ1n) is 24.8. The Balaban J connectivity index is 4.05. The molecule has 10 heteroatoms. The van der Waals surface area contributed by atoms with E-state index in [-0.39, 0.29) is 25.6 Å². The number of rotatable bonds is 48. The molecule has 3 unspecified atom stereocenters. The maximum atomic E-state index is 12.7. The predicted molar refractivity (Wildman–Crippen MR) is 247 cm³/mol. The molecular weight excluding hydrogens is 764 g/mol. The van der Waals surface area contributed by atoms with Crippen LogP contribution in [0.5, 0.6) is 0 Å². The molecule has 0 aliphatic carbocycles. The SMILES string of the molecule is CCCCC/C=C\C/C=C\CCCCCCCCOCC(COP(=O)(O)OCC(O)CO)OC(=O)CCCCCCCCCCCCCCCCCCCCCCCC. The average molecular weight is 859 g/mol. The molecule has 0 heterocycles. The lowest BCUT2D eigenvalue weighted by molar-refractivity contribution is -0.154. The van der Waals surface area contributed by atoms with Crippen molar-refractivity contribution in [2.24, 2.45) is 0 Å². The van der Waals surface area contributed by atoms with E-state index in [4.69, 9.17) is 23.6 Å². The lowest BCUT2D eigenvalue weighted by Gasteiger charge is -2.20. The molecule has 0 amide bonds. The zero-order chi connectivity index (χ0) is 43.2. The van der Waals surface area contributed by atoms with Gasteiger partial charge in [-0.25, -0.2) is 4.57 Å². The van der Waals surface area contributed by atoms with Gasteiger partial charge in [-0.3, -0.25) is 13.8 Å². The molecule has 3 atom stereocenters. The van der Waals surface area contributed by atoms with E-state index in [1.807, 2.05) is 0 Å². The molecular formula is C49H95O9P. The van der Waals surface area contributed by atoms with Gasteiger partial charge in [0.05, 0.1) is 26.4 Å². The summed E-state index contributed by atoms with van der Waals surface area (Å²) in [6.07, 6.45) is 50.0. The highest BCUT2D eigenvalue weighted by atomic mass is 31.2. The largest absolute Gasteiger partial charge is 0.472 e. The molecule has 0 aliphatic heterocycles. The number of carbonyl (C=O) groups is 1. The van der Waals surface area contributed by atoms with Crippen LogP contribution in [-0.4, -0.2) is 66.3 Å². The van der Waals surface area contributed by atoms with Crippen LogP contribution in [0.25, 0.3) is 0 Å². The fourth-order valence-corrected chi connectivity index (χ4v) is 7.88. The summed E-state index contributed by atoms with van der Waals surface area (Å²) in [5.41, 5.74) is 0. The van der Waals surface area contributed by atoms with E-state index >= 15 is 0 Å². The number of allylic oxidation sites excluding steroid dienone is 4. The van der Waals surface area contributed by atoms with E-state index in [9.17, 15) is 19.4 Å². The number of phosphoric ester groups is 1. The van der Waals surface area contributed by atoms with E-state index in [1.165, 1.54) is 167 Å². The first-order chi connectivity index (χ1) is 28.8. The van der Waals surface area contributed by atoms with E-state index in [2.05, 4.69) is 38.2 Å². The zero-order valence-electron chi connectivity index (χ0n) is 38.5. The number of esters is 1. The second-order valence-corrected chi connectivity index (χ2v) is 18.3. The third kappa shape index (κ3) is 46.3. The van der Waals surface area contributed by atoms with Crippen molar-refractivity contribution in [3.05, 3.63) is 24.3 Å². The van der Waals surface area contributed by atoms with Crippen molar-refractivity contribution >= 4 is 13.8 Å². The van der Waals surface area contributed by atoms with Gasteiger partial charge in [-0.05, 0) is 44.9 Å². The molecule has 0 aromatic heterocycles. The summed E-state index contributed by atoms with van der Waals surface area (Å²) in [6, 6.07) is 0. The van der Waals surface area contributed by atoms with Crippen LogP contribution >= 0.6 is 7.82 Å². The van der Waals surface area contributed by atoms with Crippen LogP contribution in [0, 0.1) is 0 Å². The Labute approximate surface area is 363 Å². The van der Waals surface area contributed by atoms with E-state index in [1.54, 1.807) is 0 Å². The highest BCUT2D eigenvalue weighted by molar-refractivity contribution is 7.47. The fourth-order valence-electron chi connectivity index (χ4n) is 7.09. The molecule has 0 saturated heterocycles. The topological polar surface area (TPSA) is 132 Å². The molecule has 0 radical (unpaired) electrons. The van der Waals surface area contributed by atoms with Gasteiger partial charge in [0.1, 0.15) is 12.2 Å². The van der Waals surface area contributed by atoms with E-state index in [0.29, 0.717) is 6.61 Å². The van der Waals surface area contributed by atoms with Crippen LogP contribution in [0.4, 0.5) is 0 Å². The second-order valence-electron chi connectivity index (χ2n) is 16.8. The van der Waals surface area contributed by atoms with Crippen molar-refractivity contribution in [3.8, 4) is 0 Å². The molecule has 0 bridgehead atoms. The summed E-state index contributed by atoms with van der Waals surface area (Å²) in [7, 11) is -4.52. The highest BCUT2D eigenvalue weighted by Crippen LogP contribution is 2.43. The van der Waals surface area contributed by atoms with Crippen molar-refractivity contribution in [3.63, 3.8) is 0 Å². The molecule has 3 N–H and O–H groups in total. The van der Waals surface area contributed by atoms with Gasteiger partial charge in [-0.2, -0.15) is 0 Å². The Hall–Kier alpha value is -1.06. The number of carbonyl (C=O) groups excluding carboxylic acids is 1. The van der Waals surface area contributed by atoms with Crippen LogP contribution in [0.2, 0.25) is 0 Å². The van der Waals surface area contributed by atoms with Gasteiger partial charge < -0.3 is 24.6 Å². The van der Waals surface area contributed by atoms with Crippen molar-refractivity contribution in [2.75, 3.05) is 33.0 Å². The summed E-state index contributed by atoms with van der Waals surface area (Å²) in [4.78, 5) is 22.7. The summed E-state index contributed by atoms with van der Waals surface area (Å²) in [5.74, 6) is -0.381. The minimum atomic E-state index is -4.52. The molecule has 350 valence electrons. The van der Waals surface area contributed by atoms with Crippen LogP contribution in [-0.2, 0) is 27.9 Å². The fraction of sp³-hybridized carbons (Fsp3) is 0.898. The molecule has 0 aromatic carbocycles. The Bertz CT molecular complexity index is 975. The van der Waals surface area contributed by atoms with Crippen molar-refractivity contribution in [1.29, 1.82) is 0 Å². The summed E-state index contributed by atoms with van der Waals surface area (Å²) in [6.45, 7) is 3.52. The molecule has 0 aliphatic rings. The summed E-state index contributed by atoms with van der Waals surface area (Å²) in [5, 5.41) is 18.4. The van der Waals surface area contributed by atoms with Crippen LogP contribution in [0.3, 0.4) is 0 Å². The molecule has 0 rings (SSSR count). The standard InChI is InChI=1S/C49H95O9P/c1-3-5-7-9-11-13-15-17-19-21-22-23-24-25-26-27-29-31-33-35-37-39-41-49(52)58-48(46-57-59(53,54)56-44-47(51)43-50)45-55-42-40-38-36-34-32-30-28-20-18-16-14-12-10-8-6-4-2/h12,14,18,20,47-48,50-51H,3-11,13,15-17,19,21-46H2,1-2H3,(H,53,54)/b14-12-,20-18-. The first-order valence-corrected chi connectivity index (χ1v) is 26.3. The van der Waals surface area contributed by atoms with Gasteiger partial charge in [-0.15, -0.1) is 0 Å². The van der Waals surface area contributed by atoms with Gasteiger partial charge in [0.25, 0.3) is 0 Å². The van der Waals surface area contributed by atoms with Crippen molar-refractivity contribution < 1.29 is 43.0 Å². The van der Waals surface area contributed by atoms with Gasteiger partial charge in [0.2, 0.25) is 0 Å². The number of hydrogen-bond acceptors (Lipinski definition) is 8. The summed E-state index contributed by atoms with van der Waals surface area (Å²) >= 11 is 0. The Morgan fingerprint density at radius 2 is 0.915 bits per heavy atom. The van der Waals surface area contributed by atoms with Gasteiger partial charge in [-0.1, -0.05) is 212 Å². The Morgan fingerprint density at radius 1 is 0.525 bits per heavy atom. The van der Waals surface area contributed by atoms with Crippen molar-refractivity contribution in [2.45, 2.75) is 251 Å². The Kier molecular flexibility index (Phi) is 45.6. The summed E-state index contributed by atoms with van der Waals surface area (Å²) < 4.78 is 33.5. The van der Waals surface area contributed by atoms with Crippen LogP contribution < -0.4 is 0 Å². The lowest BCUT2D eigenvalue weighted by atomic mass is 10.0. The smallest absolute Gasteiger partial charge is 0.457 e. The number of unbranched alkanes of at least 4 members (excludes halogenated alkanes) is 30. The quantitative estimate of drug-likeness (QED) is 0.0237. The Morgan fingerprint density at radius 3 is 1.39 bits per heavy atom. The number of aliphatic hydroxyl groups excluding tert-OH is 2. The van der Waals surface area contributed by atoms with Gasteiger partial charge in [0, 0.05) is 13.0 Å². The molecule has 0 fully saturated rings. The molecule has 0 spiro atoms. The van der Waals surface area contributed by atoms with Crippen LogP contribution in [0.15, 0.2) is 24.3 Å². The predicted octanol–water partition coefficient (Wildman–Crippen LogP) is 14.2. The number of ether oxygens (including phenoxy) is 2.